The van der Waals surface area contributed by atoms with Crippen LogP contribution in [0.1, 0.15) is 0 Å². The van der Waals surface area contributed by atoms with Crippen LogP contribution in [0.25, 0.3) is 22.4 Å². The summed E-state index contributed by atoms with van der Waals surface area (Å²) in [7, 11) is 1.31. The Hall–Kier alpha value is -2.63. The monoisotopic (exact) mass is 273 g/mol. The van der Waals surface area contributed by atoms with Gasteiger partial charge in [-0.1, -0.05) is 0 Å². The number of aromatic nitrogens is 3. The summed E-state index contributed by atoms with van der Waals surface area (Å²) in [6.07, 6.45) is 3.00. The van der Waals surface area contributed by atoms with Crippen molar-refractivity contribution in [3.8, 4) is 17.0 Å². The van der Waals surface area contributed by atoms with Crippen molar-refractivity contribution >= 4 is 11.2 Å². The third kappa shape index (κ3) is 2.05. The molecule has 2 aromatic heterocycles. The summed E-state index contributed by atoms with van der Waals surface area (Å²) in [5.74, 6) is -1.57. The van der Waals surface area contributed by atoms with Crippen LogP contribution in [0, 0.1) is 11.6 Å². The molecule has 0 amide bonds. The Balaban J connectivity index is 2.24. The van der Waals surface area contributed by atoms with Crippen LogP contribution in [0.15, 0.2) is 36.7 Å². The van der Waals surface area contributed by atoms with Crippen LogP contribution in [-0.2, 0) is 0 Å². The molecular weight excluding hydrogens is 264 g/mol. The average Bonchev–Trinajstić information content (AvgIpc) is 2.46. The van der Waals surface area contributed by atoms with Crippen molar-refractivity contribution in [2.45, 2.75) is 0 Å². The van der Waals surface area contributed by atoms with E-state index in [1.807, 2.05) is 0 Å². The van der Waals surface area contributed by atoms with Crippen LogP contribution in [-0.4, -0.2) is 22.1 Å². The van der Waals surface area contributed by atoms with Gasteiger partial charge in [0, 0.05) is 17.8 Å². The summed E-state index contributed by atoms with van der Waals surface area (Å²) >= 11 is 0. The van der Waals surface area contributed by atoms with E-state index in [0.717, 1.165) is 12.1 Å². The highest BCUT2D eigenvalue weighted by Gasteiger charge is 2.15. The highest BCUT2D eigenvalue weighted by Crippen LogP contribution is 2.32. The first kappa shape index (κ1) is 12.4. The lowest BCUT2D eigenvalue weighted by atomic mass is 10.1. The fourth-order valence-electron chi connectivity index (χ4n) is 1.94. The summed E-state index contributed by atoms with van der Waals surface area (Å²) in [6, 6.07) is 5.40. The molecule has 0 aliphatic heterocycles. The molecule has 6 heteroatoms. The van der Waals surface area contributed by atoms with Gasteiger partial charge in [-0.15, -0.1) is 0 Å². The minimum atomic E-state index is -0.787. The Bertz CT molecular complexity index is 792. The normalized spacial score (nSPS) is 10.8. The van der Waals surface area contributed by atoms with Crippen LogP contribution >= 0.6 is 0 Å². The molecule has 0 unspecified atom stereocenters. The van der Waals surface area contributed by atoms with Crippen molar-refractivity contribution in [3.05, 3.63) is 48.3 Å². The molecule has 0 saturated heterocycles. The number of hydrogen-bond acceptors (Lipinski definition) is 4. The van der Waals surface area contributed by atoms with E-state index in [1.165, 1.54) is 13.3 Å². The van der Waals surface area contributed by atoms with Crippen molar-refractivity contribution < 1.29 is 13.5 Å². The van der Waals surface area contributed by atoms with Crippen molar-refractivity contribution in [1.82, 2.24) is 15.0 Å². The summed E-state index contributed by atoms with van der Waals surface area (Å²) in [5, 5.41) is 0. The molecule has 3 aromatic rings. The number of hydrogen-bond donors (Lipinski definition) is 0. The molecule has 0 radical (unpaired) electrons. The molecule has 0 fully saturated rings. The first-order valence-corrected chi connectivity index (χ1v) is 5.80. The highest BCUT2D eigenvalue weighted by molar-refractivity contribution is 5.75. The van der Waals surface area contributed by atoms with Gasteiger partial charge in [0.05, 0.1) is 19.0 Å². The summed E-state index contributed by atoms with van der Waals surface area (Å²) in [4.78, 5) is 12.5. The Labute approximate surface area is 113 Å². The van der Waals surface area contributed by atoms with E-state index < -0.39 is 11.6 Å². The molecule has 0 N–H and O–H groups in total. The van der Waals surface area contributed by atoms with Crippen molar-refractivity contribution in [2.75, 3.05) is 7.11 Å². The molecular formula is C14H9F2N3O. The number of methoxy groups -OCH3 is 1. The topological polar surface area (TPSA) is 47.9 Å². The molecule has 20 heavy (non-hydrogen) atoms. The maximum atomic E-state index is 13.7. The lowest BCUT2D eigenvalue weighted by molar-refractivity contribution is 0.386. The predicted molar refractivity (Wildman–Crippen MR) is 69.2 cm³/mol. The van der Waals surface area contributed by atoms with E-state index in [9.17, 15) is 8.78 Å². The lowest BCUT2D eigenvalue weighted by Crippen LogP contribution is -1.97. The maximum absolute atomic E-state index is 13.7. The van der Waals surface area contributed by atoms with Gasteiger partial charge in [-0.25, -0.2) is 18.7 Å². The third-order valence-electron chi connectivity index (χ3n) is 2.81. The van der Waals surface area contributed by atoms with Crippen LogP contribution in [0.2, 0.25) is 0 Å². The molecule has 0 spiro atoms. The third-order valence-corrected chi connectivity index (χ3v) is 2.81. The van der Waals surface area contributed by atoms with E-state index in [2.05, 4.69) is 15.0 Å². The summed E-state index contributed by atoms with van der Waals surface area (Å²) in [6.45, 7) is 0. The largest absolute Gasteiger partial charge is 0.493 e. The number of benzene rings is 1. The van der Waals surface area contributed by atoms with Gasteiger partial charge in [0.1, 0.15) is 11.3 Å². The first-order chi connectivity index (χ1) is 9.69. The molecule has 0 saturated carbocycles. The minimum absolute atomic E-state index is 0.0732. The molecule has 0 aliphatic carbocycles. The smallest absolute Gasteiger partial charge is 0.178 e. The fraction of sp³-hybridized carbons (Fsp3) is 0.0714. The second-order valence-electron chi connectivity index (χ2n) is 4.07. The number of pyridine rings is 1. The second-order valence-corrected chi connectivity index (χ2v) is 4.07. The van der Waals surface area contributed by atoms with Crippen molar-refractivity contribution in [2.24, 2.45) is 0 Å². The molecule has 2 heterocycles. The molecule has 0 bridgehead atoms. The zero-order valence-electron chi connectivity index (χ0n) is 10.5. The van der Waals surface area contributed by atoms with Crippen LogP contribution < -0.4 is 4.74 Å². The molecule has 1 aromatic carbocycles. The van der Waals surface area contributed by atoms with Gasteiger partial charge in [0.15, 0.2) is 17.2 Å². The Morgan fingerprint density at radius 1 is 1.15 bits per heavy atom. The Morgan fingerprint density at radius 2 is 2.00 bits per heavy atom. The lowest BCUT2D eigenvalue weighted by Gasteiger charge is -2.09. The summed E-state index contributed by atoms with van der Waals surface area (Å²) in [5.41, 5.74) is 1.50. The zero-order valence-corrected chi connectivity index (χ0v) is 10.5. The standard InChI is InChI=1S/C14H9F2N3O/c1-20-13-9(5-8(15)6-10(13)16)12-7-18-11-3-2-4-17-14(11)19-12/h2-7H,1H3. The van der Waals surface area contributed by atoms with Gasteiger partial charge < -0.3 is 4.74 Å². The van der Waals surface area contributed by atoms with Gasteiger partial charge in [0.2, 0.25) is 0 Å². The molecule has 0 atom stereocenters. The number of ether oxygens (including phenoxy) is 1. The van der Waals surface area contributed by atoms with E-state index >= 15 is 0 Å². The Morgan fingerprint density at radius 3 is 2.80 bits per heavy atom. The fourth-order valence-corrected chi connectivity index (χ4v) is 1.94. The zero-order chi connectivity index (χ0) is 14.1. The van der Waals surface area contributed by atoms with Crippen molar-refractivity contribution in [1.29, 1.82) is 0 Å². The van der Waals surface area contributed by atoms with Gasteiger partial charge in [-0.2, -0.15) is 0 Å². The quantitative estimate of drug-likeness (QED) is 0.720. The van der Waals surface area contributed by atoms with E-state index in [4.69, 9.17) is 4.74 Å². The van der Waals surface area contributed by atoms with E-state index in [0.29, 0.717) is 16.9 Å². The van der Waals surface area contributed by atoms with Crippen LogP contribution in [0.4, 0.5) is 8.78 Å². The predicted octanol–water partition coefficient (Wildman–Crippen LogP) is 2.98. The van der Waals surface area contributed by atoms with Crippen LogP contribution in [0.3, 0.4) is 0 Å². The van der Waals surface area contributed by atoms with Gasteiger partial charge >= 0.3 is 0 Å². The summed E-state index contributed by atoms with van der Waals surface area (Å²) < 4.78 is 32.0. The number of nitrogens with zero attached hydrogens (tertiary/aromatic N) is 3. The van der Waals surface area contributed by atoms with Gasteiger partial charge in [-0.3, -0.25) is 4.98 Å². The molecule has 100 valence electrons. The van der Waals surface area contributed by atoms with E-state index in [-0.39, 0.29) is 11.3 Å². The molecule has 3 rings (SSSR count). The number of rotatable bonds is 2. The molecule has 0 aliphatic rings. The second kappa shape index (κ2) is 4.80. The highest BCUT2D eigenvalue weighted by atomic mass is 19.1. The minimum Gasteiger partial charge on any atom is -0.493 e. The van der Waals surface area contributed by atoms with Crippen LogP contribution in [0.5, 0.6) is 5.75 Å². The number of fused-ring (bicyclic) bond motifs is 1. The maximum Gasteiger partial charge on any atom is 0.178 e. The van der Waals surface area contributed by atoms with Gasteiger partial charge in [-0.05, 0) is 18.2 Å². The van der Waals surface area contributed by atoms with Gasteiger partial charge in [0.25, 0.3) is 0 Å². The SMILES string of the molecule is COc1c(F)cc(F)cc1-c1cnc2cccnc2n1. The first-order valence-electron chi connectivity index (χ1n) is 5.80. The average molecular weight is 273 g/mol. The Kier molecular flexibility index (Phi) is 2.98. The van der Waals surface area contributed by atoms with Crippen molar-refractivity contribution in [3.63, 3.8) is 0 Å². The molecule has 4 nitrogen and oxygen atoms in total. The van der Waals surface area contributed by atoms with E-state index in [1.54, 1.807) is 18.3 Å². The number of halogens is 2.